The number of rotatable bonds is 9. The molecule has 0 spiro atoms. The van der Waals surface area contributed by atoms with Crippen LogP contribution in [0.25, 0.3) is 0 Å². The molecule has 0 aliphatic rings. The second-order valence-corrected chi connectivity index (χ2v) is 9.16. The fourth-order valence-electron chi connectivity index (χ4n) is 3.40. The van der Waals surface area contributed by atoms with E-state index in [0.717, 1.165) is 25.1 Å². The molecule has 0 saturated heterocycles. The van der Waals surface area contributed by atoms with Crippen molar-refractivity contribution >= 4 is 39.7 Å². The third kappa shape index (κ3) is 6.94. The van der Waals surface area contributed by atoms with Gasteiger partial charge in [0.2, 0.25) is 0 Å². The Hall–Kier alpha value is -4.19. The number of alkyl halides is 3. The first-order valence-electron chi connectivity index (χ1n) is 11.2. The van der Waals surface area contributed by atoms with E-state index in [1.54, 1.807) is 25.5 Å². The summed E-state index contributed by atoms with van der Waals surface area (Å²) in [4.78, 5) is 34.1. The number of amides is 2. The molecule has 2 aromatic heterocycles. The number of aryl methyl sites for hydroxylation is 2. The smallest absolute Gasteiger partial charge is 0.361 e. The fourth-order valence-corrected chi connectivity index (χ4v) is 4.13. The van der Waals surface area contributed by atoms with Gasteiger partial charge in [0, 0.05) is 42.4 Å². The fraction of sp³-hybridized carbons (Fsp3) is 0.200. The Kier molecular flexibility index (Phi) is 7.87. The number of hydrogen-bond acceptors (Lipinski definition) is 6. The van der Waals surface area contributed by atoms with Crippen molar-refractivity contribution in [2.75, 3.05) is 22.5 Å². The standard InChI is InChI=1S/C25H23F3N6O2S/c1-16-6-7-17(22(35)32-19-5-2-4-18(13-19)25(26,27)28)12-20(16)33-23(36)21-14-31-24(37-21)30-8-3-10-34-11-9-29-15-34/h2,4-7,9,11-15H,3,8,10H2,1H3,(H,30,31)(H,32,35)(H,33,36). The summed E-state index contributed by atoms with van der Waals surface area (Å²) in [6.45, 7) is 3.25. The lowest BCUT2D eigenvalue weighted by Crippen LogP contribution is -2.15. The molecule has 3 N–H and O–H groups in total. The number of nitrogens with zero attached hydrogens (tertiary/aromatic N) is 3. The van der Waals surface area contributed by atoms with Crippen molar-refractivity contribution in [3.8, 4) is 0 Å². The van der Waals surface area contributed by atoms with Crippen molar-refractivity contribution in [3.05, 3.63) is 88.9 Å². The average molecular weight is 529 g/mol. The highest BCUT2D eigenvalue weighted by atomic mass is 32.1. The van der Waals surface area contributed by atoms with Gasteiger partial charge >= 0.3 is 6.18 Å². The van der Waals surface area contributed by atoms with Crippen molar-refractivity contribution in [1.29, 1.82) is 0 Å². The molecule has 2 amide bonds. The Bertz CT molecular complexity index is 1390. The molecule has 192 valence electrons. The molecule has 4 aromatic rings. The third-order valence-corrected chi connectivity index (χ3v) is 6.31. The van der Waals surface area contributed by atoms with Gasteiger partial charge in [0.15, 0.2) is 5.13 Å². The molecule has 0 aliphatic heterocycles. The largest absolute Gasteiger partial charge is 0.416 e. The molecule has 2 aromatic carbocycles. The number of carbonyl (C=O) groups excluding carboxylic acids is 2. The SMILES string of the molecule is Cc1ccc(C(=O)Nc2cccc(C(F)(F)F)c2)cc1NC(=O)c1cnc(NCCCn2ccnc2)s1. The summed E-state index contributed by atoms with van der Waals surface area (Å²) in [5.74, 6) is -0.989. The van der Waals surface area contributed by atoms with Gasteiger partial charge in [0.25, 0.3) is 11.8 Å². The molecular weight excluding hydrogens is 505 g/mol. The van der Waals surface area contributed by atoms with Crippen LogP contribution in [0.15, 0.2) is 67.4 Å². The Morgan fingerprint density at radius 3 is 2.68 bits per heavy atom. The topological polar surface area (TPSA) is 101 Å². The summed E-state index contributed by atoms with van der Waals surface area (Å²) in [5, 5.41) is 9.05. The summed E-state index contributed by atoms with van der Waals surface area (Å²) in [7, 11) is 0. The minimum atomic E-state index is -4.52. The van der Waals surface area contributed by atoms with Gasteiger partial charge in [-0.25, -0.2) is 9.97 Å². The highest BCUT2D eigenvalue weighted by Gasteiger charge is 2.30. The maximum Gasteiger partial charge on any atom is 0.416 e. The quantitative estimate of drug-likeness (QED) is 0.243. The van der Waals surface area contributed by atoms with Crippen molar-refractivity contribution in [2.45, 2.75) is 26.1 Å². The minimum Gasteiger partial charge on any atom is -0.361 e. The van der Waals surface area contributed by atoms with E-state index in [0.29, 0.717) is 27.8 Å². The zero-order chi connectivity index (χ0) is 26.4. The zero-order valence-electron chi connectivity index (χ0n) is 19.7. The Morgan fingerprint density at radius 1 is 1.08 bits per heavy atom. The van der Waals surface area contributed by atoms with Gasteiger partial charge in [-0.1, -0.05) is 23.5 Å². The van der Waals surface area contributed by atoms with Gasteiger partial charge in [0.1, 0.15) is 4.88 Å². The van der Waals surface area contributed by atoms with Gasteiger partial charge in [-0.15, -0.1) is 0 Å². The second kappa shape index (κ2) is 11.2. The van der Waals surface area contributed by atoms with Crippen LogP contribution in [-0.2, 0) is 12.7 Å². The molecule has 0 fully saturated rings. The van der Waals surface area contributed by atoms with Gasteiger partial charge in [-0.3, -0.25) is 9.59 Å². The van der Waals surface area contributed by atoms with Crippen LogP contribution in [0.2, 0.25) is 0 Å². The summed E-state index contributed by atoms with van der Waals surface area (Å²) in [6, 6.07) is 9.04. The van der Waals surface area contributed by atoms with Crippen molar-refractivity contribution in [1.82, 2.24) is 14.5 Å². The monoisotopic (exact) mass is 528 g/mol. The summed E-state index contributed by atoms with van der Waals surface area (Å²) in [5.41, 5.74) is 0.457. The molecular formula is C25H23F3N6O2S. The van der Waals surface area contributed by atoms with Crippen molar-refractivity contribution in [2.24, 2.45) is 0 Å². The Labute approximate surface area is 214 Å². The van der Waals surface area contributed by atoms with Crippen LogP contribution in [0, 0.1) is 6.92 Å². The van der Waals surface area contributed by atoms with Gasteiger partial charge in [-0.2, -0.15) is 13.2 Å². The van der Waals surface area contributed by atoms with Crippen LogP contribution in [0.4, 0.5) is 29.7 Å². The van der Waals surface area contributed by atoms with E-state index < -0.39 is 17.6 Å². The van der Waals surface area contributed by atoms with E-state index in [4.69, 9.17) is 0 Å². The van der Waals surface area contributed by atoms with E-state index in [9.17, 15) is 22.8 Å². The van der Waals surface area contributed by atoms with Crippen LogP contribution in [0.5, 0.6) is 0 Å². The molecule has 12 heteroatoms. The van der Waals surface area contributed by atoms with Gasteiger partial charge in [0.05, 0.1) is 18.1 Å². The lowest BCUT2D eigenvalue weighted by molar-refractivity contribution is -0.137. The number of anilines is 3. The third-order valence-electron chi connectivity index (χ3n) is 5.35. The molecule has 0 saturated carbocycles. The number of imidazole rings is 1. The number of benzene rings is 2. The molecule has 0 aliphatic carbocycles. The van der Waals surface area contributed by atoms with Crippen molar-refractivity contribution in [3.63, 3.8) is 0 Å². The number of thiazole rings is 1. The van der Waals surface area contributed by atoms with E-state index in [1.165, 1.54) is 41.8 Å². The summed E-state index contributed by atoms with van der Waals surface area (Å²) >= 11 is 1.20. The van der Waals surface area contributed by atoms with Crippen LogP contribution in [-0.4, -0.2) is 32.9 Å². The predicted octanol–water partition coefficient (Wildman–Crippen LogP) is 5.67. The molecule has 8 nitrogen and oxygen atoms in total. The second-order valence-electron chi connectivity index (χ2n) is 8.13. The molecule has 0 bridgehead atoms. The molecule has 0 radical (unpaired) electrons. The van der Waals surface area contributed by atoms with Gasteiger partial charge < -0.3 is 20.5 Å². The predicted molar refractivity (Wildman–Crippen MR) is 136 cm³/mol. The lowest BCUT2D eigenvalue weighted by atomic mass is 10.1. The summed E-state index contributed by atoms with van der Waals surface area (Å²) < 4.78 is 40.8. The lowest BCUT2D eigenvalue weighted by Gasteiger charge is -2.12. The highest BCUT2D eigenvalue weighted by Crippen LogP contribution is 2.31. The molecule has 0 atom stereocenters. The first-order valence-corrected chi connectivity index (χ1v) is 12.1. The first-order chi connectivity index (χ1) is 17.7. The molecule has 0 unspecified atom stereocenters. The van der Waals surface area contributed by atoms with Gasteiger partial charge in [-0.05, 0) is 49.2 Å². The molecule has 2 heterocycles. The van der Waals surface area contributed by atoms with Crippen LogP contribution >= 0.6 is 11.3 Å². The molecule has 37 heavy (non-hydrogen) atoms. The maximum atomic E-state index is 13.0. The Morgan fingerprint density at radius 2 is 1.92 bits per heavy atom. The highest BCUT2D eigenvalue weighted by molar-refractivity contribution is 7.17. The molecule has 4 rings (SSSR count). The summed E-state index contributed by atoms with van der Waals surface area (Å²) in [6.07, 6.45) is 3.16. The first kappa shape index (κ1) is 25.9. The van der Waals surface area contributed by atoms with Crippen LogP contribution < -0.4 is 16.0 Å². The minimum absolute atomic E-state index is 0.0145. The van der Waals surface area contributed by atoms with E-state index in [1.807, 2.05) is 10.8 Å². The zero-order valence-corrected chi connectivity index (χ0v) is 20.5. The van der Waals surface area contributed by atoms with E-state index in [2.05, 4.69) is 25.9 Å². The van der Waals surface area contributed by atoms with Crippen molar-refractivity contribution < 1.29 is 22.8 Å². The van der Waals surface area contributed by atoms with E-state index >= 15 is 0 Å². The van der Waals surface area contributed by atoms with Crippen LogP contribution in [0.1, 0.15) is 37.6 Å². The normalized spacial score (nSPS) is 11.2. The number of nitrogens with one attached hydrogen (secondary N) is 3. The number of halogens is 3. The number of hydrogen-bond donors (Lipinski definition) is 3. The Balaban J connectivity index is 1.36. The van der Waals surface area contributed by atoms with Crippen LogP contribution in [0.3, 0.4) is 0 Å². The maximum absolute atomic E-state index is 13.0. The average Bonchev–Trinajstić information content (AvgIpc) is 3.55. The van der Waals surface area contributed by atoms with E-state index in [-0.39, 0.29) is 17.2 Å². The number of aromatic nitrogens is 3. The number of carbonyl (C=O) groups is 2.